The molecule has 2 rings (SSSR count). The molecule has 0 amide bonds. The van der Waals surface area contributed by atoms with Gasteiger partial charge in [0.2, 0.25) is 0 Å². The zero-order valence-corrected chi connectivity index (χ0v) is 14.0. The van der Waals surface area contributed by atoms with E-state index in [1.807, 2.05) is 0 Å². The molecular formula is C20H30O2. The van der Waals surface area contributed by atoms with E-state index in [0.29, 0.717) is 6.47 Å². The molecule has 1 aromatic rings. The second-order valence-corrected chi connectivity index (χ2v) is 6.74. The van der Waals surface area contributed by atoms with Gasteiger partial charge in [0.05, 0.1) is 0 Å². The van der Waals surface area contributed by atoms with Crippen LogP contribution in [-0.2, 0) is 22.4 Å². The lowest BCUT2D eigenvalue weighted by molar-refractivity contribution is -0.143. The molecule has 0 unspecified atom stereocenters. The van der Waals surface area contributed by atoms with E-state index < -0.39 is 0 Å². The Labute approximate surface area is 135 Å². The van der Waals surface area contributed by atoms with E-state index in [-0.39, 0.29) is 5.60 Å². The molecule has 22 heavy (non-hydrogen) atoms. The fraction of sp³-hybridized carbons (Fsp3) is 0.650. The van der Waals surface area contributed by atoms with Crippen LogP contribution in [0.25, 0.3) is 0 Å². The summed E-state index contributed by atoms with van der Waals surface area (Å²) in [6.07, 6.45) is 13.3. The first-order chi connectivity index (χ1) is 10.8. The van der Waals surface area contributed by atoms with E-state index in [4.69, 9.17) is 4.74 Å². The first-order valence-electron chi connectivity index (χ1n) is 8.98. The molecular weight excluding hydrogens is 272 g/mol. The lowest BCUT2D eigenvalue weighted by Crippen LogP contribution is -2.33. The largest absolute Gasteiger partial charge is 0.461 e. The minimum atomic E-state index is -0.270. The molecule has 0 spiro atoms. The fourth-order valence-corrected chi connectivity index (χ4v) is 3.66. The van der Waals surface area contributed by atoms with Gasteiger partial charge in [-0.3, -0.25) is 4.79 Å². The highest BCUT2D eigenvalue weighted by atomic mass is 16.5. The smallest absolute Gasteiger partial charge is 0.293 e. The summed E-state index contributed by atoms with van der Waals surface area (Å²) in [5, 5.41) is 0. The zero-order chi connectivity index (χ0) is 15.7. The highest BCUT2D eigenvalue weighted by Gasteiger charge is 2.38. The summed E-state index contributed by atoms with van der Waals surface area (Å²) in [4.78, 5) is 10.9. The van der Waals surface area contributed by atoms with Crippen molar-refractivity contribution in [2.24, 2.45) is 0 Å². The van der Waals surface area contributed by atoms with Crippen molar-refractivity contribution in [3.05, 3.63) is 35.4 Å². The van der Waals surface area contributed by atoms with E-state index in [0.717, 1.165) is 25.7 Å². The van der Waals surface area contributed by atoms with Gasteiger partial charge in [-0.2, -0.15) is 0 Å². The molecule has 1 aliphatic carbocycles. The first-order valence-corrected chi connectivity index (χ1v) is 8.98. The van der Waals surface area contributed by atoms with Crippen LogP contribution in [0.3, 0.4) is 0 Å². The van der Waals surface area contributed by atoms with Gasteiger partial charge in [0.1, 0.15) is 5.60 Å². The van der Waals surface area contributed by atoms with Crippen molar-refractivity contribution in [3.8, 4) is 0 Å². The van der Waals surface area contributed by atoms with Crippen LogP contribution in [0.5, 0.6) is 0 Å². The summed E-state index contributed by atoms with van der Waals surface area (Å²) >= 11 is 0. The van der Waals surface area contributed by atoms with Crippen LogP contribution >= 0.6 is 0 Å². The summed E-state index contributed by atoms with van der Waals surface area (Å²) in [5.41, 5.74) is 2.43. The van der Waals surface area contributed by atoms with Crippen molar-refractivity contribution in [2.75, 3.05) is 0 Å². The molecule has 0 atom stereocenters. The van der Waals surface area contributed by atoms with Crippen LogP contribution in [0, 0.1) is 0 Å². The monoisotopic (exact) mass is 302 g/mol. The summed E-state index contributed by atoms with van der Waals surface area (Å²) in [7, 11) is 0. The molecule has 0 bridgehead atoms. The average Bonchev–Trinajstić information content (AvgIpc) is 2.88. The molecule has 0 aromatic heterocycles. The van der Waals surface area contributed by atoms with E-state index >= 15 is 0 Å². The summed E-state index contributed by atoms with van der Waals surface area (Å²) < 4.78 is 5.55. The maximum Gasteiger partial charge on any atom is 0.293 e. The SMILES string of the molecule is CCCCCCCCCCC1(OC=O)Cc2ccccc2C1. The molecule has 2 nitrogen and oxygen atoms in total. The Morgan fingerprint density at radius 2 is 1.50 bits per heavy atom. The predicted octanol–water partition coefficient (Wildman–Crippen LogP) is 5.23. The van der Waals surface area contributed by atoms with Crippen LogP contribution in [0.2, 0.25) is 0 Å². The van der Waals surface area contributed by atoms with Gasteiger partial charge >= 0.3 is 0 Å². The number of carbonyl (C=O) groups excluding carboxylic acids is 1. The number of carbonyl (C=O) groups is 1. The Morgan fingerprint density at radius 1 is 0.955 bits per heavy atom. The van der Waals surface area contributed by atoms with E-state index in [1.54, 1.807) is 0 Å². The van der Waals surface area contributed by atoms with E-state index in [9.17, 15) is 4.79 Å². The normalized spacial score (nSPS) is 15.5. The zero-order valence-electron chi connectivity index (χ0n) is 14.0. The van der Waals surface area contributed by atoms with Crippen molar-refractivity contribution < 1.29 is 9.53 Å². The minimum Gasteiger partial charge on any atom is -0.461 e. The van der Waals surface area contributed by atoms with Gasteiger partial charge in [-0.25, -0.2) is 0 Å². The number of fused-ring (bicyclic) bond motifs is 1. The Hall–Kier alpha value is -1.31. The molecule has 2 heteroatoms. The van der Waals surface area contributed by atoms with Crippen LogP contribution in [0.15, 0.2) is 24.3 Å². The lowest BCUT2D eigenvalue weighted by Gasteiger charge is -2.27. The molecule has 0 saturated heterocycles. The molecule has 0 heterocycles. The van der Waals surface area contributed by atoms with Crippen LogP contribution < -0.4 is 0 Å². The Kier molecular flexibility index (Phi) is 6.95. The minimum absolute atomic E-state index is 0.270. The van der Waals surface area contributed by atoms with E-state index in [1.165, 1.54) is 56.1 Å². The topological polar surface area (TPSA) is 26.3 Å². The first kappa shape index (κ1) is 17.1. The average molecular weight is 302 g/mol. The number of unbranched alkanes of at least 4 members (excludes halogenated alkanes) is 7. The Balaban J connectivity index is 1.71. The second kappa shape index (κ2) is 8.97. The van der Waals surface area contributed by atoms with E-state index in [2.05, 4.69) is 31.2 Å². The summed E-state index contributed by atoms with van der Waals surface area (Å²) in [5.74, 6) is 0. The van der Waals surface area contributed by atoms with Crippen LogP contribution in [-0.4, -0.2) is 12.1 Å². The fourth-order valence-electron chi connectivity index (χ4n) is 3.66. The number of ether oxygens (including phenoxy) is 1. The third-order valence-corrected chi connectivity index (χ3v) is 4.93. The predicted molar refractivity (Wildman–Crippen MR) is 91.0 cm³/mol. The molecule has 1 aromatic carbocycles. The highest BCUT2D eigenvalue weighted by Crippen LogP contribution is 2.36. The van der Waals surface area contributed by atoms with Crippen molar-refractivity contribution in [1.29, 1.82) is 0 Å². The van der Waals surface area contributed by atoms with Crippen molar-refractivity contribution >= 4 is 6.47 Å². The Morgan fingerprint density at radius 3 is 2.05 bits per heavy atom. The molecule has 0 saturated carbocycles. The summed E-state index contributed by atoms with van der Waals surface area (Å²) in [6, 6.07) is 8.48. The van der Waals surface area contributed by atoms with Gasteiger partial charge in [-0.05, 0) is 24.0 Å². The summed E-state index contributed by atoms with van der Waals surface area (Å²) in [6.45, 7) is 2.91. The van der Waals surface area contributed by atoms with Gasteiger partial charge in [-0.15, -0.1) is 0 Å². The molecule has 0 fully saturated rings. The lowest BCUT2D eigenvalue weighted by atomic mass is 9.92. The molecule has 0 aliphatic heterocycles. The van der Waals surface area contributed by atoms with Gasteiger partial charge in [-0.1, -0.05) is 76.1 Å². The van der Waals surface area contributed by atoms with Gasteiger partial charge in [0.25, 0.3) is 6.47 Å². The van der Waals surface area contributed by atoms with Gasteiger partial charge in [0.15, 0.2) is 0 Å². The maximum atomic E-state index is 10.9. The van der Waals surface area contributed by atoms with Crippen molar-refractivity contribution in [1.82, 2.24) is 0 Å². The van der Waals surface area contributed by atoms with Crippen LogP contribution in [0.4, 0.5) is 0 Å². The van der Waals surface area contributed by atoms with Crippen molar-refractivity contribution in [3.63, 3.8) is 0 Å². The molecule has 0 N–H and O–H groups in total. The Bertz CT molecular complexity index is 428. The standard InChI is InChI=1S/C20H30O2/c1-2-3-4-5-6-7-8-11-14-20(22-17-21)15-18-12-9-10-13-19(18)16-20/h9-10,12-13,17H,2-8,11,14-16H2,1H3. The highest BCUT2D eigenvalue weighted by molar-refractivity contribution is 5.42. The third-order valence-electron chi connectivity index (χ3n) is 4.93. The van der Waals surface area contributed by atoms with Crippen LogP contribution in [0.1, 0.15) is 75.8 Å². The van der Waals surface area contributed by atoms with Gasteiger partial charge in [0, 0.05) is 12.8 Å². The second-order valence-electron chi connectivity index (χ2n) is 6.74. The number of rotatable bonds is 11. The number of benzene rings is 1. The molecule has 1 aliphatic rings. The maximum absolute atomic E-state index is 10.9. The molecule has 0 radical (unpaired) electrons. The number of hydrogen-bond donors (Lipinski definition) is 0. The number of hydrogen-bond acceptors (Lipinski definition) is 2. The third kappa shape index (κ3) is 4.86. The molecule has 122 valence electrons. The van der Waals surface area contributed by atoms with Crippen molar-refractivity contribution in [2.45, 2.75) is 83.2 Å². The quantitative estimate of drug-likeness (QED) is 0.413. The van der Waals surface area contributed by atoms with Gasteiger partial charge < -0.3 is 4.74 Å².